The van der Waals surface area contributed by atoms with Crippen LogP contribution >= 0.6 is 11.6 Å². The lowest BCUT2D eigenvalue weighted by Crippen LogP contribution is -2.51. The van der Waals surface area contributed by atoms with E-state index in [9.17, 15) is 9.59 Å². The van der Waals surface area contributed by atoms with E-state index in [1.807, 2.05) is 80.6 Å². The van der Waals surface area contributed by atoms with Gasteiger partial charge in [-0.1, -0.05) is 80.0 Å². The third kappa shape index (κ3) is 8.15. The molecule has 0 radical (unpaired) electrons. The molecule has 0 aliphatic rings. The van der Waals surface area contributed by atoms with Gasteiger partial charge in [-0.15, -0.1) is 0 Å². The van der Waals surface area contributed by atoms with Crippen LogP contribution in [-0.2, 0) is 29.0 Å². The Kier molecular flexibility index (Phi) is 9.74. The first-order chi connectivity index (χ1) is 16.9. The average Bonchev–Trinajstić information content (AvgIpc) is 2.86. The van der Waals surface area contributed by atoms with Crippen molar-refractivity contribution < 1.29 is 14.3 Å². The van der Waals surface area contributed by atoms with E-state index in [1.165, 1.54) is 0 Å². The maximum atomic E-state index is 13.7. The Morgan fingerprint density at radius 1 is 0.886 bits per heavy atom. The monoisotopic (exact) mass is 492 g/mol. The van der Waals surface area contributed by atoms with E-state index in [2.05, 4.69) is 5.32 Å². The van der Waals surface area contributed by atoms with Gasteiger partial charge in [0.2, 0.25) is 11.8 Å². The standard InChI is InChI=1S/C29H33ClN2O3/c1-21(2)19-31-29(34)27(17-22-7-5-4-6-8-22)32(20-24-9-13-25(30)14-10-24)28(33)18-23-11-15-26(35-3)16-12-23/h4-16,21,27H,17-20H2,1-3H3,(H,31,34)/t27-/m0/s1. The molecular weight excluding hydrogens is 460 g/mol. The Bertz CT molecular complexity index is 1080. The molecule has 0 aromatic heterocycles. The minimum Gasteiger partial charge on any atom is -0.497 e. The van der Waals surface area contributed by atoms with Gasteiger partial charge < -0.3 is 15.0 Å². The summed E-state index contributed by atoms with van der Waals surface area (Å²) in [5.41, 5.74) is 2.76. The maximum Gasteiger partial charge on any atom is 0.243 e. The number of ether oxygens (including phenoxy) is 1. The van der Waals surface area contributed by atoms with Gasteiger partial charge in [0.15, 0.2) is 0 Å². The van der Waals surface area contributed by atoms with Crippen LogP contribution in [-0.4, -0.2) is 36.4 Å². The van der Waals surface area contributed by atoms with Crippen molar-refractivity contribution in [1.29, 1.82) is 0 Å². The molecule has 3 rings (SSSR count). The van der Waals surface area contributed by atoms with Crippen molar-refractivity contribution in [1.82, 2.24) is 10.2 Å². The number of rotatable bonds is 11. The fourth-order valence-electron chi connectivity index (χ4n) is 3.78. The lowest BCUT2D eigenvalue weighted by atomic mass is 10.0. The Labute approximate surface area is 213 Å². The molecule has 0 bridgehead atoms. The highest BCUT2D eigenvalue weighted by Crippen LogP contribution is 2.19. The van der Waals surface area contributed by atoms with Crippen LogP contribution in [0.1, 0.15) is 30.5 Å². The van der Waals surface area contributed by atoms with Gasteiger partial charge in [0.05, 0.1) is 13.5 Å². The molecule has 0 fully saturated rings. The van der Waals surface area contributed by atoms with E-state index >= 15 is 0 Å². The Morgan fingerprint density at radius 3 is 2.11 bits per heavy atom. The zero-order valence-electron chi connectivity index (χ0n) is 20.5. The molecule has 6 heteroatoms. The Morgan fingerprint density at radius 2 is 1.51 bits per heavy atom. The summed E-state index contributed by atoms with van der Waals surface area (Å²) in [5, 5.41) is 3.67. The highest BCUT2D eigenvalue weighted by Gasteiger charge is 2.30. The van der Waals surface area contributed by atoms with Crippen LogP contribution in [0.3, 0.4) is 0 Å². The summed E-state index contributed by atoms with van der Waals surface area (Å²) in [6.45, 7) is 4.95. The third-order valence-electron chi connectivity index (χ3n) is 5.74. The molecule has 0 saturated heterocycles. The SMILES string of the molecule is COc1ccc(CC(=O)N(Cc2ccc(Cl)cc2)[C@@H](Cc2ccccc2)C(=O)NCC(C)C)cc1. The second-order valence-corrected chi connectivity index (χ2v) is 9.45. The summed E-state index contributed by atoms with van der Waals surface area (Å²) in [6, 6.07) is 24.0. The van der Waals surface area contributed by atoms with Crippen LogP contribution in [0.4, 0.5) is 0 Å². The largest absolute Gasteiger partial charge is 0.497 e. The predicted molar refractivity (Wildman–Crippen MR) is 140 cm³/mol. The molecule has 0 unspecified atom stereocenters. The molecule has 35 heavy (non-hydrogen) atoms. The van der Waals surface area contributed by atoms with Crippen LogP contribution in [0.2, 0.25) is 5.02 Å². The van der Waals surface area contributed by atoms with Crippen molar-refractivity contribution >= 4 is 23.4 Å². The van der Waals surface area contributed by atoms with E-state index in [4.69, 9.17) is 16.3 Å². The van der Waals surface area contributed by atoms with Crippen molar-refractivity contribution in [3.8, 4) is 5.75 Å². The van der Waals surface area contributed by atoms with Crippen molar-refractivity contribution in [3.63, 3.8) is 0 Å². The first-order valence-corrected chi connectivity index (χ1v) is 12.2. The zero-order valence-corrected chi connectivity index (χ0v) is 21.3. The van der Waals surface area contributed by atoms with Crippen molar-refractivity contribution in [2.75, 3.05) is 13.7 Å². The number of nitrogens with zero attached hydrogens (tertiary/aromatic N) is 1. The van der Waals surface area contributed by atoms with E-state index < -0.39 is 6.04 Å². The van der Waals surface area contributed by atoms with E-state index in [-0.39, 0.29) is 18.2 Å². The predicted octanol–water partition coefficient (Wildman–Crippen LogP) is 5.30. The van der Waals surface area contributed by atoms with Crippen LogP contribution < -0.4 is 10.1 Å². The summed E-state index contributed by atoms with van der Waals surface area (Å²) < 4.78 is 5.23. The third-order valence-corrected chi connectivity index (χ3v) is 5.99. The Hall–Kier alpha value is -3.31. The molecule has 3 aromatic carbocycles. The van der Waals surface area contributed by atoms with Gasteiger partial charge in [0.1, 0.15) is 11.8 Å². The number of halogens is 1. The molecule has 184 valence electrons. The van der Waals surface area contributed by atoms with Crippen LogP contribution in [0.15, 0.2) is 78.9 Å². The lowest BCUT2D eigenvalue weighted by Gasteiger charge is -2.32. The van der Waals surface area contributed by atoms with Crippen LogP contribution in [0.5, 0.6) is 5.75 Å². The summed E-state index contributed by atoms with van der Waals surface area (Å²) in [6.07, 6.45) is 0.604. The fourth-order valence-corrected chi connectivity index (χ4v) is 3.91. The summed E-state index contributed by atoms with van der Waals surface area (Å²) in [7, 11) is 1.61. The molecular formula is C29H33ClN2O3. The van der Waals surface area contributed by atoms with Crippen molar-refractivity contribution in [2.24, 2.45) is 5.92 Å². The molecule has 1 N–H and O–H groups in total. The van der Waals surface area contributed by atoms with Gasteiger partial charge in [-0.25, -0.2) is 0 Å². The van der Waals surface area contributed by atoms with Crippen LogP contribution in [0.25, 0.3) is 0 Å². The number of carbonyl (C=O) groups is 2. The molecule has 0 spiro atoms. The van der Waals surface area contributed by atoms with Crippen molar-refractivity contribution in [3.05, 3.63) is 101 Å². The first-order valence-electron chi connectivity index (χ1n) is 11.8. The highest BCUT2D eigenvalue weighted by atomic mass is 35.5. The summed E-state index contributed by atoms with van der Waals surface area (Å²) >= 11 is 6.08. The number of hydrogen-bond donors (Lipinski definition) is 1. The first kappa shape index (κ1) is 26.3. The van der Waals surface area contributed by atoms with Crippen molar-refractivity contribution in [2.45, 2.75) is 39.3 Å². The summed E-state index contributed by atoms with van der Waals surface area (Å²) in [5.74, 6) is 0.760. The van der Waals surface area contributed by atoms with Gasteiger partial charge >= 0.3 is 0 Å². The molecule has 0 aliphatic heterocycles. The van der Waals surface area contributed by atoms with Gasteiger partial charge in [-0.3, -0.25) is 9.59 Å². The molecule has 5 nitrogen and oxygen atoms in total. The number of benzene rings is 3. The Balaban J connectivity index is 1.93. The maximum absolute atomic E-state index is 13.7. The molecule has 0 saturated carbocycles. The van der Waals surface area contributed by atoms with Gasteiger partial charge in [-0.2, -0.15) is 0 Å². The van der Waals surface area contributed by atoms with Gasteiger partial charge in [-0.05, 0) is 46.9 Å². The number of amides is 2. The number of carbonyl (C=O) groups excluding carboxylic acids is 2. The lowest BCUT2D eigenvalue weighted by molar-refractivity contribution is -0.140. The minimum atomic E-state index is -0.655. The smallest absolute Gasteiger partial charge is 0.243 e. The average molecular weight is 493 g/mol. The fraction of sp³-hybridized carbons (Fsp3) is 0.310. The van der Waals surface area contributed by atoms with Gasteiger partial charge in [0, 0.05) is 24.5 Å². The molecule has 2 amide bonds. The normalized spacial score (nSPS) is 11.7. The van der Waals surface area contributed by atoms with E-state index in [0.29, 0.717) is 30.5 Å². The molecule has 0 heterocycles. The number of methoxy groups -OCH3 is 1. The highest BCUT2D eigenvalue weighted by molar-refractivity contribution is 6.30. The van der Waals surface area contributed by atoms with E-state index in [1.54, 1.807) is 24.1 Å². The minimum absolute atomic E-state index is 0.120. The van der Waals surface area contributed by atoms with Crippen LogP contribution in [0, 0.1) is 5.92 Å². The molecule has 1 atom stereocenters. The second-order valence-electron chi connectivity index (χ2n) is 9.02. The number of hydrogen-bond acceptors (Lipinski definition) is 3. The molecule has 3 aromatic rings. The van der Waals surface area contributed by atoms with Gasteiger partial charge in [0.25, 0.3) is 0 Å². The molecule has 0 aliphatic carbocycles. The summed E-state index contributed by atoms with van der Waals surface area (Å²) in [4.78, 5) is 28.8. The second kappa shape index (κ2) is 13.0. The number of nitrogens with one attached hydrogen (secondary N) is 1. The zero-order chi connectivity index (χ0) is 25.2. The topological polar surface area (TPSA) is 58.6 Å². The van der Waals surface area contributed by atoms with E-state index in [0.717, 1.165) is 22.4 Å². The quantitative estimate of drug-likeness (QED) is 0.395.